The lowest BCUT2D eigenvalue weighted by Gasteiger charge is -2.16. The van der Waals surface area contributed by atoms with E-state index in [2.05, 4.69) is 5.32 Å². The molecule has 0 aliphatic carbocycles. The van der Waals surface area contributed by atoms with Crippen LogP contribution >= 0.6 is 11.6 Å². The SMILES string of the molecule is COc1cc(Cl)ccc1Oc1ccc(C(F)(F)F)cc1C(=O)Nc1cccc(S(N)(=O)=O)c1. The molecule has 1 amide bonds. The number of hydrogen-bond donors (Lipinski definition) is 2. The van der Waals surface area contributed by atoms with Gasteiger partial charge in [0.15, 0.2) is 11.5 Å². The summed E-state index contributed by atoms with van der Waals surface area (Å²) in [6, 6.07) is 11.7. The molecule has 7 nitrogen and oxygen atoms in total. The van der Waals surface area contributed by atoms with Crippen molar-refractivity contribution in [3.8, 4) is 17.2 Å². The van der Waals surface area contributed by atoms with Crippen molar-refractivity contribution < 1.29 is 35.9 Å². The van der Waals surface area contributed by atoms with Crippen LogP contribution in [0.4, 0.5) is 18.9 Å². The number of amides is 1. The van der Waals surface area contributed by atoms with E-state index >= 15 is 0 Å². The van der Waals surface area contributed by atoms with Gasteiger partial charge in [-0.1, -0.05) is 17.7 Å². The van der Waals surface area contributed by atoms with Gasteiger partial charge in [-0.15, -0.1) is 0 Å². The predicted molar refractivity (Wildman–Crippen MR) is 115 cm³/mol. The summed E-state index contributed by atoms with van der Waals surface area (Å²) in [5.41, 5.74) is -1.54. The van der Waals surface area contributed by atoms with Crippen LogP contribution in [0.25, 0.3) is 0 Å². The zero-order valence-corrected chi connectivity index (χ0v) is 18.4. The van der Waals surface area contributed by atoms with Crippen LogP contribution in [0.5, 0.6) is 17.2 Å². The quantitative estimate of drug-likeness (QED) is 0.492. The Morgan fingerprint density at radius 3 is 2.33 bits per heavy atom. The first-order valence-electron chi connectivity index (χ1n) is 9.05. The third-order valence-electron chi connectivity index (χ3n) is 4.32. The number of nitrogens with one attached hydrogen (secondary N) is 1. The highest BCUT2D eigenvalue weighted by atomic mass is 35.5. The van der Waals surface area contributed by atoms with Crippen LogP contribution in [0.2, 0.25) is 5.02 Å². The molecule has 0 spiro atoms. The molecule has 0 aromatic heterocycles. The lowest BCUT2D eigenvalue weighted by atomic mass is 10.1. The zero-order chi connectivity index (χ0) is 24.4. The first kappa shape index (κ1) is 24.4. The molecule has 3 aromatic carbocycles. The van der Waals surface area contributed by atoms with E-state index < -0.39 is 33.2 Å². The summed E-state index contributed by atoms with van der Waals surface area (Å²) in [6.45, 7) is 0. The monoisotopic (exact) mass is 500 g/mol. The number of hydrogen-bond acceptors (Lipinski definition) is 5. The van der Waals surface area contributed by atoms with Gasteiger partial charge in [0.25, 0.3) is 5.91 Å². The second kappa shape index (κ2) is 9.30. The van der Waals surface area contributed by atoms with Crippen LogP contribution in [0.15, 0.2) is 65.6 Å². The lowest BCUT2D eigenvalue weighted by molar-refractivity contribution is -0.137. The van der Waals surface area contributed by atoms with Crippen molar-refractivity contribution in [3.05, 3.63) is 76.8 Å². The summed E-state index contributed by atoms with van der Waals surface area (Å²) in [6.07, 6.45) is -4.72. The lowest BCUT2D eigenvalue weighted by Crippen LogP contribution is -2.16. The van der Waals surface area contributed by atoms with E-state index in [0.29, 0.717) is 11.1 Å². The van der Waals surface area contributed by atoms with Crippen LogP contribution in [-0.2, 0) is 16.2 Å². The summed E-state index contributed by atoms with van der Waals surface area (Å²) in [5.74, 6) is -0.888. The molecule has 3 aromatic rings. The first-order valence-corrected chi connectivity index (χ1v) is 11.0. The maximum absolute atomic E-state index is 13.3. The zero-order valence-electron chi connectivity index (χ0n) is 16.8. The maximum Gasteiger partial charge on any atom is 0.416 e. The average Bonchev–Trinajstić information content (AvgIpc) is 2.74. The molecule has 174 valence electrons. The number of rotatable bonds is 6. The average molecular weight is 501 g/mol. The first-order chi connectivity index (χ1) is 15.4. The van der Waals surface area contributed by atoms with Crippen molar-refractivity contribution in [1.29, 1.82) is 0 Å². The smallest absolute Gasteiger partial charge is 0.416 e. The Hall–Kier alpha value is -3.28. The number of carbonyl (C=O) groups is 1. The number of alkyl halides is 3. The number of nitrogens with two attached hydrogens (primary N) is 1. The van der Waals surface area contributed by atoms with Crippen molar-refractivity contribution in [3.63, 3.8) is 0 Å². The van der Waals surface area contributed by atoms with Gasteiger partial charge in [0.1, 0.15) is 5.75 Å². The van der Waals surface area contributed by atoms with Crippen molar-refractivity contribution in [2.24, 2.45) is 5.14 Å². The van der Waals surface area contributed by atoms with Gasteiger partial charge in [0.05, 0.1) is 23.1 Å². The summed E-state index contributed by atoms with van der Waals surface area (Å²) in [5, 5.41) is 7.76. The molecule has 0 atom stereocenters. The van der Waals surface area contributed by atoms with Gasteiger partial charge in [-0.05, 0) is 48.5 Å². The minimum absolute atomic E-state index is 0.000963. The predicted octanol–water partition coefficient (Wildman–Crippen LogP) is 5.06. The van der Waals surface area contributed by atoms with Crippen molar-refractivity contribution >= 4 is 33.2 Å². The number of ether oxygens (including phenoxy) is 2. The van der Waals surface area contributed by atoms with Gasteiger partial charge in [-0.25, -0.2) is 13.6 Å². The van der Waals surface area contributed by atoms with E-state index in [-0.39, 0.29) is 27.8 Å². The third-order valence-corrected chi connectivity index (χ3v) is 5.46. The fraction of sp³-hybridized carbons (Fsp3) is 0.0952. The Balaban J connectivity index is 2.02. The fourth-order valence-electron chi connectivity index (χ4n) is 2.77. The number of halogens is 4. The van der Waals surface area contributed by atoms with E-state index in [1.807, 2.05) is 0 Å². The van der Waals surface area contributed by atoms with Gasteiger partial charge in [0.2, 0.25) is 10.0 Å². The molecule has 0 aliphatic heterocycles. The van der Waals surface area contributed by atoms with E-state index in [1.54, 1.807) is 0 Å². The van der Waals surface area contributed by atoms with E-state index in [9.17, 15) is 26.4 Å². The van der Waals surface area contributed by atoms with E-state index in [4.69, 9.17) is 26.2 Å². The summed E-state index contributed by atoms with van der Waals surface area (Å²) in [7, 11) is -2.72. The van der Waals surface area contributed by atoms with Crippen LogP contribution in [0.3, 0.4) is 0 Å². The molecule has 0 saturated heterocycles. The number of benzene rings is 3. The summed E-state index contributed by atoms with van der Waals surface area (Å²) >= 11 is 5.91. The largest absolute Gasteiger partial charge is 0.493 e. The van der Waals surface area contributed by atoms with Crippen LogP contribution in [-0.4, -0.2) is 21.4 Å². The number of anilines is 1. The molecule has 0 radical (unpaired) electrons. The molecule has 0 unspecified atom stereocenters. The van der Waals surface area contributed by atoms with E-state index in [0.717, 1.165) is 18.2 Å². The van der Waals surface area contributed by atoms with Gasteiger partial charge in [-0.3, -0.25) is 4.79 Å². The molecular weight excluding hydrogens is 485 g/mol. The normalized spacial score (nSPS) is 11.7. The molecule has 0 bridgehead atoms. The van der Waals surface area contributed by atoms with Crippen molar-refractivity contribution in [2.75, 3.05) is 12.4 Å². The molecular formula is C21H16ClF3N2O5S. The molecule has 3 N–H and O–H groups in total. The highest BCUT2D eigenvalue weighted by Crippen LogP contribution is 2.38. The van der Waals surface area contributed by atoms with Crippen LogP contribution < -0.4 is 19.9 Å². The Morgan fingerprint density at radius 2 is 1.70 bits per heavy atom. The standard InChI is InChI=1S/C21H16ClF3N2O5S/c1-31-19-10-13(22)6-8-18(19)32-17-7-5-12(21(23,24)25)9-16(17)20(28)27-14-3-2-4-15(11-14)33(26,29)30/h2-11H,1H3,(H,27,28)(H2,26,29,30). The maximum atomic E-state index is 13.3. The number of sulfonamides is 1. The van der Waals surface area contributed by atoms with E-state index in [1.165, 1.54) is 43.5 Å². The molecule has 33 heavy (non-hydrogen) atoms. The second-order valence-electron chi connectivity index (χ2n) is 6.63. The molecule has 0 saturated carbocycles. The Labute approximate surface area is 191 Å². The third kappa shape index (κ3) is 5.95. The minimum Gasteiger partial charge on any atom is -0.493 e. The van der Waals surface area contributed by atoms with Gasteiger partial charge in [0, 0.05) is 16.8 Å². The molecule has 12 heteroatoms. The van der Waals surface area contributed by atoms with Crippen molar-refractivity contribution in [2.45, 2.75) is 11.1 Å². The summed E-state index contributed by atoms with van der Waals surface area (Å²) < 4.78 is 73.7. The molecule has 0 heterocycles. The van der Waals surface area contributed by atoms with Crippen molar-refractivity contribution in [1.82, 2.24) is 0 Å². The number of methoxy groups -OCH3 is 1. The Morgan fingerprint density at radius 1 is 1.00 bits per heavy atom. The Bertz CT molecular complexity index is 1310. The minimum atomic E-state index is -4.72. The van der Waals surface area contributed by atoms with Gasteiger partial charge >= 0.3 is 6.18 Å². The van der Waals surface area contributed by atoms with Crippen LogP contribution in [0.1, 0.15) is 15.9 Å². The molecule has 0 fully saturated rings. The highest BCUT2D eigenvalue weighted by molar-refractivity contribution is 7.89. The molecule has 0 aliphatic rings. The summed E-state index contributed by atoms with van der Waals surface area (Å²) in [4.78, 5) is 12.6. The van der Waals surface area contributed by atoms with Gasteiger partial charge < -0.3 is 14.8 Å². The second-order valence-corrected chi connectivity index (χ2v) is 8.63. The van der Waals surface area contributed by atoms with Gasteiger partial charge in [-0.2, -0.15) is 13.2 Å². The fourth-order valence-corrected chi connectivity index (χ4v) is 3.49. The Kier molecular flexibility index (Phi) is 6.86. The number of primary sulfonamides is 1. The van der Waals surface area contributed by atoms with Crippen LogP contribution in [0, 0.1) is 0 Å². The molecule has 3 rings (SSSR count). The topological polar surface area (TPSA) is 108 Å². The highest BCUT2D eigenvalue weighted by Gasteiger charge is 2.32. The number of carbonyl (C=O) groups excluding carboxylic acids is 1.